The van der Waals surface area contributed by atoms with Gasteiger partial charge in [0.15, 0.2) is 0 Å². The molecule has 5 nitrogen and oxygen atoms in total. The van der Waals surface area contributed by atoms with Crippen molar-refractivity contribution >= 4 is 11.6 Å². The highest BCUT2D eigenvalue weighted by Gasteiger charge is 2.09. The van der Waals surface area contributed by atoms with Crippen molar-refractivity contribution < 1.29 is 9.21 Å². The molecule has 0 fully saturated rings. The van der Waals surface area contributed by atoms with E-state index >= 15 is 0 Å². The Morgan fingerprint density at radius 1 is 1.37 bits per heavy atom. The molecule has 0 aromatic carbocycles. The van der Waals surface area contributed by atoms with E-state index in [1.807, 2.05) is 25.1 Å². The maximum atomic E-state index is 11.8. The number of pyridine rings is 1. The van der Waals surface area contributed by atoms with Crippen LogP contribution in [0.1, 0.15) is 22.0 Å². The molecule has 0 aliphatic heterocycles. The van der Waals surface area contributed by atoms with Crippen molar-refractivity contribution in [2.24, 2.45) is 0 Å². The van der Waals surface area contributed by atoms with Gasteiger partial charge in [0.1, 0.15) is 17.2 Å². The molecule has 5 heteroatoms. The van der Waals surface area contributed by atoms with Crippen LogP contribution >= 0.6 is 0 Å². The van der Waals surface area contributed by atoms with Crippen LogP contribution < -0.4 is 5.32 Å². The number of nitrogens with one attached hydrogen (secondary N) is 1. The van der Waals surface area contributed by atoms with Crippen molar-refractivity contribution in [3.05, 3.63) is 47.7 Å². The Balaban J connectivity index is 2.05. The van der Waals surface area contributed by atoms with Crippen molar-refractivity contribution in [3.8, 4) is 0 Å². The van der Waals surface area contributed by atoms with Gasteiger partial charge in [0, 0.05) is 26.0 Å². The Labute approximate surface area is 112 Å². The minimum absolute atomic E-state index is 0.113. The molecule has 2 aromatic rings. The fourth-order valence-corrected chi connectivity index (χ4v) is 1.66. The fraction of sp³-hybridized carbons (Fsp3) is 0.286. The van der Waals surface area contributed by atoms with Gasteiger partial charge in [-0.2, -0.15) is 0 Å². The summed E-state index contributed by atoms with van der Waals surface area (Å²) >= 11 is 0. The van der Waals surface area contributed by atoms with Crippen LogP contribution in [0.4, 0.5) is 5.69 Å². The fourth-order valence-electron chi connectivity index (χ4n) is 1.66. The third-order valence-corrected chi connectivity index (χ3v) is 2.65. The van der Waals surface area contributed by atoms with E-state index in [1.54, 1.807) is 26.4 Å². The van der Waals surface area contributed by atoms with Crippen LogP contribution in [0.2, 0.25) is 0 Å². The summed E-state index contributed by atoms with van der Waals surface area (Å²) in [5.41, 5.74) is 1.26. The maximum absolute atomic E-state index is 11.8. The number of nitrogens with zero attached hydrogens (tertiary/aromatic N) is 2. The summed E-state index contributed by atoms with van der Waals surface area (Å²) in [7, 11) is 3.41. The van der Waals surface area contributed by atoms with E-state index < -0.39 is 0 Å². The highest BCUT2D eigenvalue weighted by molar-refractivity contribution is 5.92. The number of hydrogen-bond acceptors (Lipinski definition) is 4. The molecule has 0 aliphatic carbocycles. The third kappa shape index (κ3) is 3.34. The van der Waals surface area contributed by atoms with Crippen molar-refractivity contribution in [2.75, 3.05) is 19.4 Å². The molecule has 0 unspecified atom stereocenters. The quantitative estimate of drug-likeness (QED) is 0.915. The third-order valence-electron chi connectivity index (χ3n) is 2.65. The van der Waals surface area contributed by atoms with Gasteiger partial charge in [0.2, 0.25) is 0 Å². The Morgan fingerprint density at radius 2 is 2.16 bits per heavy atom. The number of aromatic nitrogens is 1. The van der Waals surface area contributed by atoms with Crippen molar-refractivity contribution in [2.45, 2.75) is 13.5 Å². The van der Waals surface area contributed by atoms with Gasteiger partial charge < -0.3 is 14.6 Å². The molecular formula is C14H17N3O2. The monoisotopic (exact) mass is 259 g/mol. The predicted octanol–water partition coefficient (Wildman–Crippen LogP) is 2.30. The molecular weight excluding hydrogens is 242 g/mol. The largest absolute Gasteiger partial charge is 0.465 e. The van der Waals surface area contributed by atoms with Crippen molar-refractivity contribution in [3.63, 3.8) is 0 Å². The first-order chi connectivity index (χ1) is 9.06. The zero-order chi connectivity index (χ0) is 13.8. The van der Waals surface area contributed by atoms with Gasteiger partial charge in [-0.1, -0.05) is 0 Å². The average molecular weight is 259 g/mol. The van der Waals surface area contributed by atoms with Gasteiger partial charge in [-0.3, -0.25) is 9.78 Å². The van der Waals surface area contributed by atoms with E-state index in [0.29, 0.717) is 12.2 Å². The van der Waals surface area contributed by atoms with Gasteiger partial charge in [0.25, 0.3) is 5.91 Å². The summed E-state index contributed by atoms with van der Waals surface area (Å²) in [6.45, 7) is 2.48. The molecule has 0 spiro atoms. The zero-order valence-electron chi connectivity index (χ0n) is 11.3. The molecule has 0 saturated heterocycles. The highest BCUT2D eigenvalue weighted by Crippen LogP contribution is 2.12. The molecule has 2 rings (SSSR count). The van der Waals surface area contributed by atoms with Crippen LogP contribution in [0.5, 0.6) is 0 Å². The van der Waals surface area contributed by atoms with E-state index in [4.69, 9.17) is 4.42 Å². The first-order valence-electron chi connectivity index (χ1n) is 6.03. The number of rotatable bonds is 4. The van der Waals surface area contributed by atoms with Gasteiger partial charge >= 0.3 is 0 Å². The molecule has 0 saturated carbocycles. The lowest BCUT2D eigenvalue weighted by Crippen LogP contribution is -2.22. The summed E-state index contributed by atoms with van der Waals surface area (Å²) in [5, 5.41) is 3.20. The van der Waals surface area contributed by atoms with Crippen LogP contribution in [0.25, 0.3) is 0 Å². The predicted molar refractivity (Wildman–Crippen MR) is 73.0 cm³/mol. The second-order valence-electron chi connectivity index (χ2n) is 4.50. The summed E-state index contributed by atoms with van der Waals surface area (Å²) in [5.74, 6) is 1.63. The molecule has 0 bridgehead atoms. The standard InChI is InChI=1S/C14H17N3O2/c1-10-4-5-12(19-10)9-16-11-6-7-15-13(8-11)14(18)17(2)3/h4-8H,9H2,1-3H3,(H,15,16). The number of carbonyl (C=O) groups excluding carboxylic acids is 1. The topological polar surface area (TPSA) is 58.4 Å². The second-order valence-corrected chi connectivity index (χ2v) is 4.50. The smallest absolute Gasteiger partial charge is 0.272 e. The molecule has 2 aromatic heterocycles. The second kappa shape index (κ2) is 5.56. The molecule has 100 valence electrons. The van der Waals surface area contributed by atoms with Crippen LogP contribution in [0, 0.1) is 6.92 Å². The van der Waals surface area contributed by atoms with Gasteiger partial charge in [-0.05, 0) is 31.2 Å². The first kappa shape index (κ1) is 13.1. The molecule has 19 heavy (non-hydrogen) atoms. The first-order valence-corrected chi connectivity index (χ1v) is 6.03. The minimum Gasteiger partial charge on any atom is -0.465 e. The Morgan fingerprint density at radius 3 is 2.79 bits per heavy atom. The number of aryl methyl sites for hydroxylation is 1. The maximum Gasteiger partial charge on any atom is 0.272 e. The normalized spacial score (nSPS) is 10.3. The van der Waals surface area contributed by atoms with E-state index in [2.05, 4.69) is 10.3 Å². The molecule has 1 N–H and O–H groups in total. The number of amides is 1. The summed E-state index contributed by atoms with van der Waals surface area (Å²) < 4.78 is 5.47. The number of anilines is 1. The zero-order valence-corrected chi connectivity index (χ0v) is 11.3. The van der Waals surface area contributed by atoms with Crippen LogP contribution in [-0.4, -0.2) is 29.9 Å². The summed E-state index contributed by atoms with van der Waals surface area (Å²) in [4.78, 5) is 17.4. The highest BCUT2D eigenvalue weighted by atomic mass is 16.3. The minimum atomic E-state index is -0.113. The lowest BCUT2D eigenvalue weighted by molar-refractivity contribution is 0.0822. The van der Waals surface area contributed by atoms with Crippen LogP contribution in [0.15, 0.2) is 34.9 Å². The number of furan rings is 1. The van der Waals surface area contributed by atoms with E-state index in [9.17, 15) is 4.79 Å². The molecule has 0 radical (unpaired) electrons. The SMILES string of the molecule is Cc1ccc(CNc2ccnc(C(=O)N(C)C)c2)o1. The lowest BCUT2D eigenvalue weighted by atomic mass is 10.3. The van der Waals surface area contributed by atoms with Crippen molar-refractivity contribution in [1.82, 2.24) is 9.88 Å². The Hall–Kier alpha value is -2.30. The van der Waals surface area contributed by atoms with E-state index in [1.165, 1.54) is 4.90 Å². The molecule has 2 heterocycles. The lowest BCUT2D eigenvalue weighted by Gasteiger charge is -2.10. The summed E-state index contributed by atoms with van der Waals surface area (Å²) in [6, 6.07) is 7.40. The van der Waals surface area contributed by atoms with E-state index in [-0.39, 0.29) is 5.91 Å². The molecule has 0 atom stereocenters. The van der Waals surface area contributed by atoms with E-state index in [0.717, 1.165) is 17.2 Å². The van der Waals surface area contributed by atoms with Crippen LogP contribution in [0.3, 0.4) is 0 Å². The number of carbonyl (C=O) groups is 1. The molecule has 1 amide bonds. The Bertz CT molecular complexity index is 576. The summed E-state index contributed by atoms with van der Waals surface area (Å²) in [6.07, 6.45) is 1.62. The molecule has 0 aliphatic rings. The van der Waals surface area contributed by atoms with Crippen molar-refractivity contribution in [1.29, 1.82) is 0 Å². The number of hydrogen-bond donors (Lipinski definition) is 1. The van der Waals surface area contributed by atoms with Crippen LogP contribution in [-0.2, 0) is 6.54 Å². The Kier molecular flexibility index (Phi) is 3.85. The average Bonchev–Trinajstić information content (AvgIpc) is 2.81. The van der Waals surface area contributed by atoms with Gasteiger partial charge in [0.05, 0.1) is 6.54 Å². The van der Waals surface area contributed by atoms with Gasteiger partial charge in [-0.25, -0.2) is 0 Å². The van der Waals surface area contributed by atoms with Gasteiger partial charge in [-0.15, -0.1) is 0 Å².